The Morgan fingerprint density at radius 2 is 2.12 bits per heavy atom. The molecule has 0 spiro atoms. The van der Waals surface area contributed by atoms with Crippen LogP contribution < -0.4 is 10.5 Å². The molecule has 0 bridgehead atoms. The van der Waals surface area contributed by atoms with E-state index in [1.165, 1.54) is 11.8 Å². The van der Waals surface area contributed by atoms with Crippen molar-refractivity contribution in [1.82, 2.24) is 5.16 Å². The van der Waals surface area contributed by atoms with Gasteiger partial charge in [0.15, 0.2) is 0 Å². The minimum absolute atomic E-state index is 0.273. The second-order valence-electron chi connectivity index (χ2n) is 5.40. The quantitative estimate of drug-likeness (QED) is 0.740. The summed E-state index contributed by atoms with van der Waals surface area (Å²) < 4.78 is 10.9. The number of rotatable bonds is 6. The van der Waals surface area contributed by atoms with Crippen molar-refractivity contribution >= 4 is 28.4 Å². The van der Waals surface area contributed by atoms with Crippen LogP contribution in [0.1, 0.15) is 12.7 Å². The number of nitrogens with two attached hydrogens (primary N) is 1. The molecular formula is C18H18N2O3S. The van der Waals surface area contributed by atoms with Crippen molar-refractivity contribution in [3.63, 3.8) is 0 Å². The van der Waals surface area contributed by atoms with Crippen molar-refractivity contribution in [1.29, 1.82) is 0 Å². The normalized spacial score (nSPS) is 12.2. The smallest absolute Gasteiger partial charge is 0.230 e. The van der Waals surface area contributed by atoms with Gasteiger partial charge in [-0.25, -0.2) is 0 Å². The maximum Gasteiger partial charge on any atom is 0.230 e. The molecule has 1 aromatic heterocycles. The van der Waals surface area contributed by atoms with E-state index in [0.29, 0.717) is 17.2 Å². The van der Waals surface area contributed by atoms with Gasteiger partial charge < -0.3 is 15.0 Å². The Bertz CT molecular complexity index is 876. The Balaban J connectivity index is 1.95. The maximum absolute atomic E-state index is 11.1. The van der Waals surface area contributed by atoms with Gasteiger partial charge in [-0.1, -0.05) is 35.5 Å². The van der Waals surface area contributed by atoms with Crippen LogP contribution in [0.2, 0.25) is 0 Å². The minimum Gasteiger partial charge on any atom is -0.496 e. The van der Waals surface area contributed by atoms with Crippen molar-refractivity contribution < 1.29 is 14.1 Å². The molecule has 1 amide bonds. The van der Waals surface area contributed by atoms with Crippen LogP contribution in [0, 0.1) is 0 Å². The van der Waals surface area contributed by atoms with Crippen molar-refractivity contribution in [3.8, 4) is 17.0 Å². The average Bonchev–Trinajstić information content (AvgIpc) is 3.06. The summed E-state index contributed by atoms with van der Waals surface area (Å²) in [6.45, 7) is 1.78. The van der Waals surface area contributed by atoms with Gasteiger partial charge >= 0.3 is 0 Å². The molecule has 1 heterocycles. The molecule has 0 saturated carbocycles. The number of benzene rings is 2. The van der Waals surface area contributed by atoms with E-state index in [9.17, 15) is 4.79 Å². The molecule has 0 saturated heterocycles. The van der Waals surface area contributed by atoms with Crippen LogP contribution in [-0.4, -0.2) is 23.4 Å². The molecule has 2 aromatic carbocycles. The lowest BCUT2D eigenvalue weighted by Crippen LogP contribution is -2.22. The highest BCUT2D eigenvalue weighted by Crippen LogP contribution is 2.37. The van der Waals surface area contributed by atoms with E-state index >= 15 is 0 Å². The number of carbonyl (C=O) groups excluding carboxylic acids is 1. The summed E-state index contributed by atoms with van der Waals surface area (Å²) in [6.07, 6.45) is 0. The first-order chi connectivity index (χ1) is 11.6. The van der Waals surface area contributed by atoms with Crippen molar-refractivity contribution in [2.75, 3.05) is 7.11 Å². The number of amides is 1. The van der Waals surface area contributed by atoms with Gasteiger partial charge in [-0.05, 0) is 23.8 Å². The Morgan fingerprint density at radius 3 is 2.88 bits per heavy atom. The van der Waals surface area contributed by atoms with E-state index in [1.54, 1.807) is 14.0 Å². The molecule has 0 aliphatic heterocycles. The summed E-state index contributed by atoms with van der Waals surface area (Å²) in [7, 11) is 1.64. The SMILES string of the molecule is COc1ccc2ccccc2c1-c1cc(CS[C@@H](C)C(N)=O)on1. The summed E-state index contributed by atoms with van der Waals surface area (Å²) in [5.74, 6) is 1.63. The topological polar surface area (TPSA) is 78.4 Å². The molecule has 3 aromatic rings. The van der Waals surface area contributed by atoms with Gasteiger partial charge in [0.2, 0.25) is 5.91 Å². The molecule has 124 valence electrons. The number of fused-ring (bicyclic) bond motifs is 1. The monoisotopic (exact) mass is 342 g/mol. The van der Waals surface area contributed by atoms with Crippen LogP contribution in [0.15, 0.2) is 47.0 Å². The van der Waals surface area contributed by atoms with E-state index in [2.05, 4.69) is 5.16 Å². The molecule has 6 heteroatoms. The zero-order valence-electron chi connectivity index (χ0n) is 13.5. The number of hydrogen-bond acceptors (Lipinski definition) is 5. The Hall–Kier alpha value is -2.47. The predicted molar refractivity (Wildman–Crippen MR) is 95.9 cm³/mol. The fourth-order valence-electron chi connectivity index (χ4n) is 2.47. The van der Waals surface area contributed by atoms with E-state index in [-0.39, 0.29) is 11.2 Å². The number of aromatic nitrogens is 1. The third-order valence-corrected chi connectivity index (χ3v) is 4.99. The highest BCUT2D eigenvalue weighted by atomic mass is 32.2. The number of primary amides is 1. The van der Waals surface area contributed by atoms with Crippen LogP contribution in [0.3, 0.4) is 0 Å². The average molecular weight is 342 g/mol. The zero-order chi connectivity index (χ0) is 17.1. The Morgan fingerprint density at radius 1 is 1.33 bits per heavy atom. The summed E-state index contributed by atoms with van der Waals surface area (Å²) in [6, 6.07) is 13.9. The molecule has 24 heavy (non-hydrogen) atoms. The third-order valence-electron chi connectivity index (χ3n) is 3.80. The van der Waals surface area contributed by atoms with Crippen LogP contribution in [-0.2, 0) is 10.5 Å². The van der Waals surface area contributed by atoms with Crippen LogP contribution >= 0.6 is 11.8 Å². The van der Waals surface area contributed by atoms with E-state index in [4.69, 9.17) is 15.0 Å². The van der Waals surface area contributed by atoms with Crippen molar-refractivity contribution in [2.24, 2.45) is 5.73 Å². The fraction of sp³-hybridized carbons (Fsp3) is 0.222. The number of nitrogens with zero attached hydrogens (tertiary/aromatic N) is 1. The van der Waals surface area contributed by atoms with Gasteiger partial charge in [-0.3, -0.25) is 4.79 Å². The zero-order valence-corrected chi connectivity index (χ0v) is 14.3. The molecule has 0 radical (unpaired) electrons. The third kappa shape index (κ3) is 3.23. The summed E-state index contributed by atoms with van der Waals surface area (Å²) >= 11 is 1.42. The Kier molecular flexibility index (Phi) is 4.76. The first-order valence-electron chi connectivity index (χ1n) is 7.52. The van der Waals surface area contributed by atoms with Crippen LogP contribution in [0.4, 0.5) is 0 Å². The van der Waals surface area contributed by atoms with Gasteiger partial charge in [0.05, 0.1) is 23.7 Å². The highest BCUT2D eigenvalue weighted by molar-refractivity contribution is 7.99. The summed E-state index contributed by atoms with van der Waals surface area (Å²) in [4.78, 5) is 11.1. The van der Waals surface area contributed by atoms with Gasteiger partial charge in [-0.2, -0.15) is 0 Å². The number of thioether (sulfide) groups is 1. The first kappa shape index (κ1) is 16.4. The largest absolute Gasteiger partial charge is 0.496 e. The predicted octanol–water partition coefficient (Wildman–Crippen LogP) is 3.61. The second-order valence-corrected chi connectivity index (χ2v) is 6.73. The van der Waals surface area contributed by atoms with Gasteiger partial charge in [0, 0.05) is 6.07 Å². The van der Waals surface area contributed by atoms with Crippen molar-refractivity contribution in [3.05, 3.63) is 48.2 Å². The fourth-order valence-corrected chi connectivity index (χ4v) is 3.19. The number of ether oxygens (including phenoxy) is 1. The molecular weight excluding hydrogens is 324 g/mol. The van der Waals surface area contributed by atoms with E-state index in [0.717, 1.165) is 22.1 Å². The molecule has 1 atom stereocenters. The maximum atomic E-state index is 11.1. The number of methoxy groups -OCH3 is 1. The lowest BCUT2D eigenvalue weighted by molar-refractivity contribution is -0.117. The van der Waals surface area contributed by atoms with Crippen LogP contribution in [0.5, 0.6) is 5.75 Å². The lowest BCUT2D eigenvalue weighted by atomic mass is 10.0. The lowest BCUT2D eigenvalue weighted by Gasteiger charge is -2.09. The number of carbonyl (C=O) groups is 1. The molecule has 0 unspecified atom stereocenters. The molecule has 5 nitrogen and oxygen atoms in total. The standard InChI is InChI=1S/C18H18N2O3S/c1-11(18(19)21)24-10-13-9-15(20-23-13)17-14-6-4-3-5-12(14)7-8-16(17)22-2/h3-9,11H,10H2,1-2H3,(H2,19,21)/t11-/m0/s1. The molecule has 0 fully saturated rings. The molecule has 2 N–H and O–H groups in total. The summed E-state index contributed by atoms with van der Waals surface area (Å²) in [5.41, 5.74) is 6.89. The highest BCUT2D eigenvalue weighted by Gasteiger charge is 2.16. The summed E-state index contributed by atoms with van der Waals surface area (Å²) in [5, 5.41) is 6.07. The number of hydrogen-bond donors (Lipinski definition) is 1. The van der Waals surface area contributed by atoms with Crippen LogP contribution in [0.25, 0.3) is 22.0 Å². The molecule has 3 rings (SSSR count). The van der Waals surface area contributed by atoms with Gasteiger partial charge in [0.25, 0.3) is 0 Å². The van der Waals surface area contributed by atoms with Crippen molar-refractivity contribution in [2.45, 2.75) is 17.9 Å². The Labute approximate surface area is 144 Å². The van der Waals surface area contributed by atoms with E-state index in [1.807, 2.05) is 42.5 Å². The first-order valence-corrected chi connectivity index (χ1v) is 8.57. The second kappa shape index (κ2) is 6.97. The minimum atomic E-state index is -0.338. The van der Waals surface area contributed by atoms with Gasteiger partial charge in [0.1, 0.15) is 17.2 Å². The van der Waals surface area contributed by atoms with E-state index < -0.39 is 0 Å². The molecule has 0 aliphatic carbocycles. The van der Waals surface area contributed by atoms with Gasteiger partial charge in [-0.15, -0.1) is 11.8 Å². The molecule has 0 aliphatic rings.